The summed E-state index contributed by atoms with van der Waals surface area (Å²) in [5, 5.41) is 0.502. The molecule has 0 aliphatic rings. The summed E-state index contributed by atoms with van der Waals surface area (Å²) in [6, 6.07) is 8.80. The monoisotopic (exact) mass is 220 g/mol. The van der Waals surface area contributed by atoms with Crippen molar-refractivity contribution in [2.45, 2.75) is 0 Å². The second-order valence-electron chi connectivity index (χ2n) is 3.09. The van der Waals surface area contributed by atoms with Gasteiger partial charge in [0.05, 0.1) is 16.3 Å². The van der Waals surface area contributed by atoms with E-state index in [4.69, 9.17) is 17.3 Å². The Morgan fingerprint density at radius 1 is 1.20 bits per heavy atom. The maximum Gasteiger partial charge on any atom is 0.250 e. The zero-order valence-electron chi connectivity index (χ0n) is 7.85. The van der Waals surface area contributed by atoms with Gasteiger partial charge in [0.25, 0.3) is 5.91 Å². The Bertz CT molecular complexity index is 491. The van der Waals surface area contributed by atoms with Gasteiger partial charge in [-0.05, 0) is 24.3 Å². The number of rotatable bonds is 2. The molecule has 0 aliphatic heterocycles. The van der Waals surface area contributed by atoms with E-state index in [1.54, 1.807) is 22.8 Å². The number of nitrogens with zero attached hydrogens (tertiary/aromatic N) is 1. The molecule has 0 saturated carbocycles. The first-order valence-electron chi connectivity index (χ1n) is 4.42. The van der Waals surface area contributed by atoms with Gasteiger partial charge in [0.2, 0.25) is 0 Å². The lowest BCUT2D eigenvalue weighted by Crippen LogP contribution is -2.14. The summed E-state index contributed by atoms with van der Waals surface area (Å²) in [6.07, 6.45) is 3.63. The molecule has 1 aromatic carbocycles. The number of halogens is 1. The van der Waals surface area contributed by atoms with Crippen molar-refractivity contribution in [1.29, 1.82) is 0 Å². The van der Waals surface area contributed by atoms with Crippen molar-refractivity contribution in [1.82, 2.24) is 4.57 Å². The average molecular weight is 221 g/mol. The van der Waals surface area contributed by atoms with E-state index in [0.717, 1.165) is 0 Å². The minimum absolute atomic E-state index is 0.415. The van der Waals surface area contributed by atoms with Crippen molar-refractivity contribution in [2.24, 2.45) is 5.73 Å². The summed E-state index contributed by atoms with van der Waals surface area (Å²) in [5.41, 5.74) is 6.32. The van der Waals surface area contributed by atoms with Crippen LogP contribution in [-0.4, -0.2) is 10.5 Å². The molecule has 0 aliphatic carbocycles. The van der Waals surface area contributed by atoms with Crippen LogP contribution in [0.3, 0.4) is 0 Å². The summed E-state index contributed by atoms with van der Waals surface area (Å²) < 4.78 is 1.77. The van der Waals surface area contributed by atoms with Gasteiger partial charge in [-0.15, -0.1) is 0 Å². The molecule has 15 heavy (non-hydrogen) atoms. The van der Waals surface area contributed by atoms with E-state index in [-0.39, 0.29) is 0 Å². The Morgan fingerprint density at radius 3 is 2.47 bits per heavy atom. The van der Waals surface area contributed by atoms with E-state index in [1.807, 2.05) is 24.5 Å². The standard InChI is InChI=1S/C11H9ClN2O/c12-9-5-3-4-8(11(13)15)10(9)14-6-1-2-7-14/h1-7H,(H2,13,15). The second-order valence-corrected chi connectivity index (χ2v) is 3.50. The van der Waals surface area contributed by atoms with Crippen LogP contribution in [-0.2, 0) is 0 Å². The molecule has 3 nitrogen and oxygen atoms in total. The molecule has 2 aromatic rings. The van der Waals surface area contributed by atoms with Crippen LogP contribution in [0, 0.1) is 0 Å². The molecule has 1 amide bonds. The lowest BCUT2D eigenvalue weighted by molar-refractivity contribution is 0.100. The number of para-hydroxylation sites is 1. The molecule has 1 heterocycles. The Labute approximate surface area is 92.1 Å². The zero-order chi connectivity index (χ0) is 10.8. The highest BCUT2D eigenvalue weighted by molar-refractivity contribution is 6.33. The van der Waals surface area contributed by atoms with Gasteiger partial charge in [0, 0.05) is 12.4 Å². The minimum Gasteiger partial charge on any atom is -0.366 e. The Morgan fingerprint density at radius 2 is 1.87 bits per heavy atom. The molecule has 2 N–H and O–H groups in total. The third-order valence-corrected chi connectivity index (χ3v) is 2.42. The van der Waals surface area contributed by atoms with Crippen molar-refractivity contribution in [3.63, 3.8) is 0 Å². The molecule has 0 spiro atoms. The molecule has 2 rings (SSSR count). The molecule has 0 bridgehead atoms. The van der Waals surface area contributed by atoms with Gasteiger partial charge in [-0.2, -0.15) is 0 Å². The van der Waals surface area contributed by atoms with Gasteiger partial charge in [-0.1, -0.05) is 17.7 Å². The number of hydrogen-bond acceptors (Lipinski definition) is 1. The Kier molecular flexibility index (Phi) is 2.47. The lowest BCUT2D eigenvalue weighted by Gasteiger charge is -2.09. The van der Waals surface area contributed by atoms with Crippen LogP contribution in [0.5, 0.6) is 0 Å². The van der Waals surface area contributed by atoms with E-state index in [2.05, 4.69) is 0 Å². The number of benzene rings is 1. The van der Waals surface area contributed by atoms with Crippen LogP contribution in [0.15, 0.2) is 42.7 Å². The van der Waals surface area contributed by atoms with Crippen LogP contribution in [0.2, 0.25) is 5.02 Å². The van der Waals surface area contributed by atoms with Gasteiger partial charge < -0.3 is 10.3 Å². The fraction of sp³-hybridized carbons (Fsp3) is 0. The van der Waals surface area contributed by atoms with Crippen molar-refractivity contribution < 1.29 is 4.79 Å². The van der Waals surface area contributed by atoms with Crippen LogP contribution in [0.25, 0.3) is 5.69 Å². The van der Waals surface area contributed by atoms with E-state index < -0.39 is 5.91 Å². The fourth-order valence-electron chi connectivity index (χ4n) is 1.46. The summed E-state index contributed by atoms with van der Waals surface area (Å²) in [5.74, 6) is -0.485. The van der Waals surface area contributed by atoms with E-state index in [0.29, 0.717) is 16.3 Å². The van der Waals surface area contributed by atoms with E-state index in [1.165, 1.54) is 0 Å². The van der Waals surface area contributed by atoms with Gasteiger partial charge in [0.15, 0.2) is 0 Å². The molecule has 0 atom stereocenters. The highest BCUT2D eigenvalue weighted by Gasteiger charge is 2.12. The Hall–Kier alpha value is -1.74. The summed E-state index contributed by atoms with van der Waals surface area (Å²) in [7, 11) is 0. The van der Waals surface area contributed by atoms with Gasteiger partial charge in [0.1, 0.15) is 0 Å². The average Bonchev–Trinajstić information content (AvgIpc) is 2.70. The molecule has 0 radical (unpaired) electrons. The first-order chi connectivity index (χ1) is 7.20. The molecule has 1 aromatic heterocycles. The quantitative estimate of drug-likeness (QED) is 0.829. The third-order valence-electron chi connectivity index (χ3n) is 2.11. The van der Waals surface area contributed by atoms with Gasteiger partial charge in [-0.25, -0.2) is 0 Å². The van der Waals surface area contributed by atoms with Crippen molar-refractivity contribution in [3.8, 4) is 5.69 Å². The topological polar surface area (TPSA) is 48.0 Å². The maximum absolute atomic E-state index is 11.2. The highest BCUT2D eigenvalue weighted by atomic mass is 35.5. The number of aromatic nitrogens is 1. The first kappa shape index (κ1) is 9.80. The smallest absolute Gasteiger partial charge is 0.250 e. The largest absolute Gasteiger partial charge is 0.366 e. The summed E-state index contributed by atoms with van der Waals surface area (Å²) in [4.78, 5) is 11.2. The predicted octanol–water partition coefficient (Wildman–Crippen LogP) is 2.23. The maximum atomic E-state index is 11.2. The predicted molar refractivity (Wildman–Crippen MR) is 59.3 cm³/mol. The number of carbonyl (C=O) groups excluding carboxylic acids is 1. The molecule has 0 unspecified atom stereocenters. The first-order valence-corrected chi connectivity index (χ1v) is 4.79. The lowest BCUT2D eigenvalue weighted by atomic mass is 10.1. The number of hydrogen-bond donors (Lipinski definition) is 1. The van der Waals surface area contributed by atoms with Crippen molar-refractivity contribution in [2.75, 3.05) is 0 Å². The minimum atomic E-state index is -0.485. The van der Waals surface area contributed by atoms with Crippen LogP contribution >= 0.6 is 11.6 Å². The van der Waals surface area contributed by atoms with Crippen LogP contribution in [0.4, 0.5) is 0 Å². The number of amides is 1. The number of nitrogens with two attached hydrogens (primary N) is 1. The molecule has 0 fully saturated rings. The Balaban J connectivity index is 2.68. The second kappa shape index (κ2) is 3.79. The normalized spacial score (nSPS) is 10.2. The van der Waals surface area contributed by atoms with E-state index >= 15 is 0 Å². The molecule has 4 heteroatoms. The SMILES string of the molecule is NC(=O)c1cccc(Cl)c1-n1cccc1. The molecular formula is C11H9ClN2O. The summed E-state index contributed by atoms with van der Waals surface area (Å²) in [6.45, 7) is 0. The zero-order valence-corrected chi connectivity index (χ0v) is 8.61. The highest BCUT2D eigenvalue weighted by Crippen LogP contribution is 2.24. The molecular weight excluding hydrogens is 212 g/mol. The van der Waals surface area contributed by atoms with Crippen molar-refractivity contribution >= 4 is 17.5 Å². The third kappa shape index (κ3) is 1.74. The van der Waals surface area contributed by atoms with Crippen LogP contribution in [0.1, 0.15) is 10.4 Å². The fourth-order valence-corrected chi connectivity index (χ4v) is 1.73. The van der Waals surface area contributed by atoms with Crippen molar-refractivity contribution in [3.05, 3.63) is 53.3 Å². The summed E-state index contributed by atoms with van der Waals surface area (Å²) >= 11 is 6.04. The van der Waals surface area contributed by atoms with Gasteiger partial charge >= 0.3 is 0 Å². The number of carbonyl (C=O) groups is 1. The molecule has 76 valence electrons. The van der Waals surface area contributed by atoms with E-state index in [9.17, 15) is 4.79 Å². The van der Waals surface area contributed by atoms with Crippen LogP contribution < -0.4 is 5.73 Å². The number of primary amides is 1. The molecule has 0 saturated heterocycles. The van der Waals surface area contributed by atoms with Gasteiger partial charge in [-0.3, -0.25) is 4.79 Å².